The second kappa shape index (κ2) is 9.27. The molecule has 1 fully saturated rings. The molecule has 174 valence electrons. The van der Waals surface area contributed by atoms with Gasteiger partial charge >= 0.3 is 5.97 Å². The molecular formula is C24H27F2N5O2. The van der Waals surface area contributed by atoms with Gasteiger partial charge in [0.2, 0.25) is 0 Å². The molecule has 1 unspecified atom stereocenters. The summed E-state index contributed by atoms with van der Waals surface area (Å²) in [6.45, 7) is 4.53. The number of aromatic nitrogens is 3. The fraction of sp³-hybridized carbons (Fsp3) is 0.375. The van der Waals surface area contributed by atoms with Crippen LogP contribution in [-0.4, -0.2) is 43.7 Å². The molecule has 0 spiro atoms. The maximum absolute atomic E-state index is 14.6. The molecule has 0 radical (unpaired) electrons. The van der Waals surface area contributed by atoms with Crippen molar-refractivity contribution < 1.29 is 18.7 Å². The van der Waals surface area contributed by atoms with Crippen molar-refractivity contribution in [1.29, 1.82) is 0 Å². The molecule has 3 heterocycles. The number of nitrogens with zero attached hydrogens (tertiary/aromatic N) is 3. The number of piperidine rings is 1. The standard InChI is InChI=1S/C24H27F2N5O2/c1-15-4-3-5-17(22(15)26)14-31-11-9-24(23(32)33,12-16(31)2)13-19-18(25)6-7-20(28-19)29-21-8-10-27-30-21/h3-8,10,16H,9,11-14H2,1-2H3,(H,32,33)(H2,27,28,29,30)/t16-,24?/m1/s1. The molecule has 1 aliphatic heterocycles. The summed E-state index contributed by atoms with van der Waals surface area (Å²) in [5.41, 5.74) is 0.125. The third kappa shape index (κ3) is 4.88. The predicted molar refractivity (Wildman–Crippen MR) is 120 cm³/mol. The summed E-state index contributed by atoms with van der Waals surface area (Å²) in [5.74, 6) is -0.826. The van der Waals surface area contributed by atoms with Gasteiger partial charge in [0.05, 0.1) is 11.1 Å². The smallest absolute Gasteiger partial charge is 0.310 e. The topological polar surface area (TPSA) is 94.1 Å². The number of carbonyl (C=O) groups is 1. The van der Waals surface area contributed by atoms with E-state index in [-0.39, 0.29) is 24.0 Å². The average molecular weight is 456 g/mol. The van der Waals surface area contributed by atoms with Gasteiger partial charge in [0.25, 0.3) is 0 Å². The number of hydrogen-bond donors (Lipinski definition) is 3. The average Bonchev–Trinajstić information content (AvgIpc) is 3.28. The molecule has 0 saturated carbocycles. The molecule has 2 aromatic heterocycles. The minimum Gasteiger partial charge on any atom is -0.481 e. The SMILES string of the molecule is Cc1cccc(CN2CCC(Cc3nc(Nc4cc[nH]n4)ccc3F)(C(=O)O)C[C@H]2C)c1F. The zero-order chi connectivity index (χ0) is 23.6. The molecule has 3 N–H and O–H groups in total. The lowest BCUT2D eigenvalue weighted by Gasteiger charge is -2.43. The molecule has 1 aromatic carbocycles. The van der Waals surface area contributed by atoms with Crippen molar-refractivity contribution >= 4 is 17.6 Å². The molecule has 1 saturated heterocycles. The van der Waals surface area contributed by atoms with E-state index in [1.54, 1.807) is 31.3 Å². The minimum atomic E-state index is -1.15. The van der Waals surface area contributed by atoms with Crippen molar-refractivity contribution in [2.24, 2.45) is 5.41 Å². The molecule has 4 rings (SSSR count). The van der Waals surface area contributed by atoms with Crippen molar-refractivity contribution in [3.63, 3.8) is 0 Å². The number of aliphatic carboxylic acids is 1. The number of nitrogens with one attached hydrogen (secondary N) is 2. The zero-order valence-corrected chi connectivity index (χ0v) is 18.6. The normalized spacial score (nSPS) is 21.2. The number of benzene rings is 1. The van der Waals surface area contributed by atoms with E-state index >= 15 is 0 Å². The Hall–Kier alpha value is -3.33. The molecule has 7 nitrogen and oxygen atoms in total. The molecule has 1 aliphatic rings. The van der Waals surface area contributed by atoms with Crippen LogP contribution >= 0.6 is 0 Å². The number of carboxylic acid groups (broad SMARTS) is 1. The van der Waals surface area contributed by atoms with E-state index < -0.39 is 17.2 Å². The summed E-state index contributed by atoms with van der Waals surface area (Å²) in [6.07, 6.45) is 2.25. The number of aryl methyl sites for hydroxylation is 1. The van der Waals surface area contributed by atoms with Crippen LogP contribution in [0.3, 0.4) is 0 Å². The number of rotatable bonds is 7. The number of H-pyrrole nitrogens is 1. The predicted octanol–water partition coefficient (Wildman–Crippen LogP) is 4.43. The lowest BCUT2D eigenvalue weighted by atomic mass is 9.72. The molecular weight excluding hydrogens is 428 g/mol. The first-order valence-corrected chi connectivity index (χ1v) is 10.9. The first-order chi connectivity index (χ1) is 15.8. The van der Waals surface area contributed by atoms with E-state index in [2.05, 4.69) is 25.4 Å². The Balaban J connectivity index is 1.52. The van der Waals surface area contributed by atoms with Gasteiger partial charge in [-0.05, 0) is 50.9 Å². The van der Waals surface area contributed by atoms with E-state index in [9.17, 15) is 18.7 Å². The van der Waals surface area contributed by atoms with Gasteiger partial charge in [0.1, 0.15) is 17.5 Å². The lowest BCUT2D eigenvalue weighted by Crippen LogP contribution is -2.50. The van der Waals surface area contributed by atoms with Crippen LogP contribution in [0.25, 0.3) is 0 Å². The van der Waals surface area contributed by atoms with Crippen LogP contribution in [0, 0.1) is 24.0 Å². The van der Waals surface area contributed by atoms with E-state index in [0.29, 0.717) is 48.7 Å². The number of hydrogen-bond acceptors (Lipinski definition) is 5. The third-order valence-electron chi connectivity index (χ3n) is 6.47. The highest BCUT2D eigenvalue weighted by Gasteiger charge is 2.45. The van der Waals surface area contributed by atoms with Crippen LogP contribution in [-0.2, 0) is 17.8 Å². The number of aromatic amines is 1. The maximum atomic E-state index is 14.6. The van der Waals surface area contributed by atoms with Crippen molar-refractivity contribution in [2.75, 3.05) is 11.9 Å². The highest BCUT2D eigenvalue weighted by molar-refractivity contribution is 5.75. The zero-order valence-electron chi connectivity index (χ0n) is 18.6. The Kier molecular flexibility index (Phi) is 6.42. The van der Waals surface area contributed by atoms with Crippen molar-refractivity contribution in [3.8, 4) is 0 Å². The summed E-state index contributed by atoms with van der Waals surface area (Å²) in [4.78, 5) is 18.8. The Bertz CT molecular complexity index is 1140. The van der Waals surface area contributed by atoms with Crippen LogP contribution in [0.4, 0.5) is 20.4 Å². The maximum Gasteiger partial charge on any atom is 0.310 e. The highest BCUT2D eigenvalue weighted by Crippen LogP contribution is 2.39. The lowest BCUT2D eigenvalue weighted by molar-refractivity contribution is -0.153. The van der Waals surface area contributed by atoms with Gasteiger partial charge in [-0.15, -0.1) is 0 Å². The molecule has 9 heteroatoms. The number of pyridine rings is 1. The number of likely N-dealkylation sites (tertiary alicyclic amines) is 1. The third-order valence-corrected chi connectivity index (χ3v) is 6.47. The van der Waals surface area contributed by atoms with E-state index in [4.69, 9.17) is 0 Å². The molecule has 3 aromatic rings. The van der Waals surface area contributed by atoms with Crippen LogP contribution < -0.4 is 5.32 Å². The van der Waals surface area contributed by atoms with Gasteiger partial charge in [-0.25, -0.2) is 13.8 Å². The molecule has 0 aliphatic carbocycles. The van der Waals surface area contributed by atoms with Gasteiger partial charge in [-0.1, -0.05) is 18.2 Å². The van der Waals surface area contributed by atoms with Crippen LogP contribution in [0.2, 0.25) is 0 Å². The first kappa shape index (κ1) is 22.8. The van der Waals surface area contributed by atoms with Crippen LogP contribution in [0.1, 0.15) is 36.6 Å². The number of halogens is 2. The summed E-state index contributed by atoms with van der Waals surface area (Å²) < 4.78 is 29.1. The van der Waals surface area contributed by atoms with Gasteiger partial charge in [0.15, 0.2) is 5.82 Å². The Morgan fingerprint density at radius 1 is 1.27 bits per heavy atom. The molecule has 0 amide bonds. The largest absolute Gasteiger partial charge is 0.481 e. The van der Waals surface area contributed by atoms with Gasteiger partial charge < -0.3 is 10.4 Å². The molecule has 33 heavy (non-hydrogen) atoms. The van der Waals surface area contributed by atoms with E-state index in [1.807, 2.05) is 13.0 Å². The first-order valence-electron chi connectivity index (χ1n) is 10.9. The molecule has 2 atom stereocenters. The van der Waals surface area contributed by atoms with Gasteiger partial charge in [-0.3, -0.25) is 14.8 Å². The van der Waals surface area contributed by atoms with Crippen molar-refractivity contribution in [3.05, 3.63) is 71.1 Å². The minimum absolute atomic E-state index is 0.0265. The summed E-state index contributed by atoms with van der Waals surface area (Å²) in [7, 11) is 0. The van der Waals surface area contributed by atoms with Crippen LogP contribution in [0.5, 0.6) is 0 Å². The summed E-state index contributed by atoms with van der Waals surface area (Å²) in [5, 5.41) is 19.8. The Morgan fingerprint density at radius 3 is 2.79 bits per heavy atom. The van der Waals surface area contributed by atoms with E-state index in [1.165, 1.54) is 12.1 Å². The summed E-state index contributed by atoms with van der Waals surface area (Å²) >= 11 is 0. The fourth-order valence-corrected chi connectivity index (χ4v) is 4.55. The van der Waals surface area contributed by atoms with Gasteiger partial charge in [0, 0.05) is 36.8 Å². The monoisotopic (exact) mass is 455 g/mol. The van der Waals surface area contributed by atoms with Crippen LogP contribution in [0.15, 0.2) is 42.6 Å². The Morgan fingerprint density at radius 2 is 2.09 bits per heavy atom. The number of anilines is 2. The van der Waals surface area contributed by atoms with Gasteiger partial charge in [-0.2, -0.15) is 5.10 Å². The summed E-state index contributed by atoms with van der Waals surface area (Å²) in [6, 6.07) is 9.66. The highest BCUT2D eigenvalue weighted by atomic mass is 19.1. The molecule has 0 bridgehead atoms. The Labute approximate surface area is 190 Å². The van der Waals surface area contributed by atoms with Crippen molar-refractivity contribution in [1.82, 2.24) is 20.1 Å². The van der Waals surface area contributed by atoms with Crippen molar-refractivity contribution in [2.45, 2.75) is 45.7 Å². The fourth-order valence-electron chi connectivity index (χ4n) is 4.55. The second-order valence-corrected chi connectivity index (χ2v) is 8.79. The van der Waals surface area contributed by atoms with E-state index in [0.717, 1.165) is 0 Å². The number of carboxylic acids is 1. The second-order valence-electron chi connectivity index (χ2n) is 8.79. The quantitative estimate of drug-likeness (QED) is 0.488.